The maximum absolute atomic E-state index is 13.3. The van der Waals surface area contributed by atoms with E-state index < -0.39 is 0 Å². The number of alkyl halides is 1. The number of nitriles is 1. The maximum atomic E-state index is 13.3. The Hall–Kier alpha value is -1.38. The van der Waals surface area contributed by atoms with E-state index in [1.54, 1.807) is 0 Å². The van der Waals surface area contributed by atoms with Crippen LogP contribution in [-0.4, -0.2) is 0 Å². The van der Waals surface area contributed by atoms with Crippen LogP contribution in [0.5, 0.6) is 5.75 Å². The standard InChI is InChI=1S/C15H10Br2FNO/c16-7-10-2-1-3-14(17)15(10)20-9-12-6-13(18)5-4-11(12)8-19/h1-6H,7,9H2. The van der Waals surface area contributed by atoms with Crippen LogP contribution < -0.4 is 4.74 Å². The van der Waals surface area contributed by atoms with Gasteiger partial charge in [0.05, 0.1) is 16.1 Å². The molecule has 0 fully saturated rings. The van der Waals surface area contributed by atoms with E-state index in [0.717, 1.165) is 10.0 Å². The first kappa shape index (κ1) is 15.0. The minimum absolute atomic E-state index is 0.142. The van der Waals surface area contributed by atoms with E-state index in [2.05, 4.69) is 31.9 Å². The van der Waals surface area contributed by atoms with Gasteiger partial charge in [-0.1, -0.05) is 28.1 Å². The molecule has 5 heteroatoms. The SMILES string of the molecule is N#Cc1ccc(F)cc1COc1c(Br)cccc1CBr. The van der Waals surface area contributed by atoms with E-state index in [1.807, 2.05) is 24.3 Å². The van der Waals surface area contributed by atoms with Crippen molar-refractivity contribution in [1.29, 1.82) is 5.26 Å². The number of para-hydroxylation sites is 1. The molecule has 2 aromatic rings. The largest absolute Gasteiger partial charge is 0.487 e. The van der Waals surface area contributed by atoms with Crippen LogP contribution in [0, 0.1) is 17.1 Å². The minimum Gasteiger partial charge on any atom is -0.487 e. The molecule has 0 aromatic heterocycles. The number of hydrogen-bond acceptors (Lipinski definition) is 2. The molecule has 0 N–H and O–H groups in total. The van der Waals surface area contributed by atoms with Crippen molar-refractivity contribution >= 4 is 31.9 Å². The quantitative estimate of drug-likeness (QED) is 0.683. The Morgan fingerprint density at radius 2 is 2.00 bits per heavy atom. The van der Waals surface area contributed by atoms with Gasteiger partial charge in [0.1, 0.15) is 18.2 Å². The molecule has 2 aromatic carbocycles. The molecule has 102 valence electrons. The Labute approximate surface area is 133 Å². The zero-order valence-electron chi connectivity index (χ0n) is 10.4. The van der Waals surface area contributed by atoms with Gasteiger partial charge in [-0.15, -0.1) is 0 Å². The molecule has 0 saturated heterocycles. The summed E-state index contributed by atoms with van der Waals surface area (Å²) in [5.41, 5.74) is 1.93. The van der Waals surface area contributed by atoms with Crippen molar-refractivity contribution in [3.8, 4) is 11.8 Å². The molecular weight excluding hydrogens is 389 g/mol. The number of rotatable bonds is 4. The summed E-state index contributed by atoms with van der Waals surface area (Å²) in [5.74, 6) is 0.313. The Balaban J connectivity index is 2.26. The van der Waals surface area contributed by atoms with Crippen LogP contribution in [0.2, 0.25) is 0 Å². The van der Waals surface area contributed by atoms with Gasteiger partial charge in [0.15, 0.2) is 0 Å². The summed E-state index contributed by atoms with van der Waals surface area (Å²) in [6.07, 6.45) is 0. The van der Waals surface area contributed by atoms with E-state index in [1.165, 1.54) is 18.2 Å². The number of hydrogen-bond donors (Lipinski definition) is 0. The van der Waals surface area contributed by atoms with Crippen molar-refractivity contribution in [3.05, 3.63) is 63.4 Å². The van der Waals surface area contributed by atoms with Crippen LogP contribution in [0.4, 0.5) is 4.39 Å². The lowest BCUT2D eigenvalue weighted by Crippen LogP contribution is -2.01. The van der Waals surface area contributed by atoms with Crippen LogP contribution in [0.3, 0.4) is 0 Å². The molecule has 0 amide bonds. The lowest BCUT2D eigenvalue weighted by atomic mass is 10.1. The molecule has 0 aliphatic carbocycles. The van der Waals surface area contributed by atoms with Crippen LogP contribution >= 0.6 is 31.9 Å². The Morgan fingerprint density at radius 3 is 2.70 bits per heavy atom. The van der Waals surface area contributed by atoms with Crippen molar-refractivity contribution in [2.75, 3.05) is 0 Å². The Bertz CT molecular complexity index is 667. The second-order valence-corrected chi connectivity index (χ2v) is 5.48. The van der Waals surface area contributed by atoms with E-state index >= 15 is 0 Å². The highest BCUT2D eigenvalue weighted by atomic mass is 79.9. The highest BCUT2D eigenvalue weighted by molar-refractivity contribution is 9.10. The molecule has 2 rings (SSSR count). The van der Waals surface area contributed by atoms with Gasteiger partial charge in [0.2, 0.25) is 0 Å². The lowest BCUT2D eigenvalue weighted by Gasteiger charge is -2.12. The van der Waals surface area contributed by atoms with E-state index in [9.17, 15) is 4.39 Å². The van der Waals surface area contributed by atoms with E-state index in [0.29, 0.717) is 22.2 Å². The van der Waals surface area contributed by atoms with Gasteiger partial charge in [-0.3, -0.25) is 0 Å². The van der Waals surface area contributed by atoms with Gasteiger partial charge in [-0.05, 0) is 40.2 Å². The summed E-state index contributed by atoms with van der Waals surface area (Å²) in [5, 5.41) is 9.67. The third-order valence-electron chi connectivity index (χ3n) is 2.75. The molecule has 0 radical (unpaired) electrons. The third-order valence-corrected chi connectivity index (χ3v) is 3.98. The van der Waals surface area contributed by atoms with Gasteiger partial charge >= 0.3 is 0 Å². The first-order chi connectivity index (χ1) is 9.65. The smallest absolute Gasteiger partial charge is 0.138 e. The topological polar surface area (TPSA) is 33.0 Å². The second kappa shape index (κ2) is 6.87. The molecule has 2 nitrogen and oxygen atoms in total. The maximum Gasteiger partial charge on any atom is 0.138 e. The molecule has 0 spiro atoms. The summed E-state index contributed by atoms with van der Waals surface area (Å²) >= 11 is 6.82. The highest BCUT2D eigenvalue weighted by Crippen LogP contribution is 2.31. The minimum atomic E-state index is -0.379. The summed E-state index contributed by atoms with van der Waals surface area (Å²) in [6, 6.07) is 11.8. The average Bonchev–Trinajstić information content (AvgIpc) is 2.46. The van der Waals surface area contributed by atoms with Crippen molar-refractivity contribution in [2.24, 2.45) is 0 Å². The first-order valence-corrected chi connectivity index (χ1v) is 7.72. The van der Waals surface area contributed by atoms with E-state index in [4.69, 9.17) is 10.00 Å². The number of ether oxygens (including phenoxy) is 1. The normalized spacial score (nSPS) is 10.1. The predicted molar refractivity (Wildman–Crippen MR) is 82.2 cm³/mol. The molecule has 0 unspecified atom stereocenters. The van der Waals surface area contributed by atoms with Crippen molar-refractivity contribution in [2.45, 2.75) is 11.9 Å². The second-order valence-electron chi connectivity index (χ2n) is 4.06. The van der Waals surface area contributed by atoms with Gasteiger partial charge in [-0.2, -0.15) is 5.26 Å². The van der Waals surface area contributed by atoms with Gasteiger partial charge in [0, 0.05) is 16.5 Å². The molecule has 0 aliphatic heterocycles. The van der Waals surface area contributed by atoms with Crippen molar-refractivity contribution in [1.82, 2.24) is 0 Å². The average molecular weight is 399 g/mol. The molecular formula is C15H10Br2FNO. The summed E-state index contributed by atoms with van der Waals surface area (Å²) in [4.78, 5) is 0. The zero-order valence-corrected chi connectivity index (χ0v) is 13.5. The van der Waals surface area contributed by atoms with Crippen LogP contribution in [0.1, 0.15) is 16.7 Å². The van der Waals surface area contributed by atoms with Crippen LogP contribution in [-0.2, 0) is 11.9 Å². The van der Waals surface area contributed by atoms with Crippen molar-refractivity contribution < 1.29 is 9.13 Å². The van der Waals surface area contributed by atoms with Crippen LogP contribution in [0.15, 0.2) is 40.9 Å². The number of halogens is 3. The fraction of sp³-hybridized carbons (Fsp3) is 0.133. The summed E-state index contributed by atoms with van der Waals surface area (Å²) < 4.78 is 19.8. The van der Waals surface area contributed by atoms with Gasteiger partial charge in [0.25, 0.3) is 0 Å². The van der Waals surface area contributed by atoms with Crippen LogP contribution in [0.25, 0.3) is 0 Å². The molecule has 0 atom stereocenters. The Kier molecular flexibility index (Phi) is 5.16. The van der Waals surface area contributed by atoms with Crippen molar-refractivity contribution in [3.63, 3.8) is 0 Å². The first-order valence-electron chi connectivity index (χ1n) is 5.80. The third kappa shape index (κ3) is 3.38. The summed E-state index contributed by atoms with van der Waals surface area (Å²) in [6.45, 7) is 0.142. The monoisotopic (exact) mass is 397 g/mol. The molecule has 0 aliphatic rings. The van der Waals surface area contributed by atoms with Gasteiger partial charge < -0.3 is 4.74 Å². The van der Waals surface area contributed by atoms with E-state index in [-0.39, 0.29) is 12.4 Å². The number of benzene rings is 2. The molecule has 0 saturated carbocycles. The zero-order chi connectivity index (χ0) is 14.5. The number of nitrogens with zero attached hydrogens (tertiary/aromatic N) is 1. The predicted octanol–water partition coefficient (Wildman–Crippen LogP) is 4.93. The van der Waals surface area contributed by atoms with Gasteiger partial charge in [-0.25, -0.2) is 4.39 Å². The molecule has 0 bridgehead atoms. The Morgan fingerprint density at radius 1 is 1.20 bits per heavy atom. The fourth-order valence-electron chi connectivity index (χ4n) is 1.76. The molecule has 20 heavy (non-hydrogen) atoms. The molecule has 0 heterocycles. The fourth-order valence-corrected chi connectivity index (χ4v) is 2.72. The lowest BCUT2D eigenvalue weighted by molar-refractivity contribution is 0.301. The highest BCUT2D eigenvalue weighted by Gasteiger charge is 2.10. The summed E-state index contributed by atoms with van der Waals surface area (Å²) in [7, 11) is 0.